The summed E-state index contributed by atoms with van der Waals surface area (Å²) in [6, 6.07) is 8.91. The molecular weight excluding hydrogens is 492 g/mol. The van der Waals surface area contributed by atoms with Crippen molar-refractivity contribution in [3.8, 4) is 5.75 Å². The number of anilines is 1. The summed E-state index contributed by atoms with van der Waals surface area (Å²) in [6.45, 7) is 1.45. The number of rotatable bonds is 10. The standard InChI is InChI=1S/C23H24N4O6S2/c1-13-19(35-23(25-13)27-18(29)9-8-14-5-3-6-15(28)11-14)21(31)26-16(22(32)33-2)12-24-20(30)17-7-4-10-34-17/h3-7,10-11,16,28H,8-9,12H2,1-2H3,(H,24,30)(H,26,31)(H,25,27,29)/t16-/m0/s1. The van der Waals surface area contributed by atoms with Crippen LogP contribution in [0.25, 0.3) is 0 Å². The molecule has 4 N–H and O–H groups in total. The van der Waals surface area contributed by atoms with E-state index in [2.05, 4.69) is 20.9 Å². The van der Waals surface area contributed by atoms with Gasteiger partial charge >= 0.3 is 5.97 Å². The Morgan fingerprint density at radius 3 is 2.63 bits per heavy atom. The zero-order valence-electron chi connectivity index (χ0n) is 19.0. The van der Waals surface area contributed by atoms with Gasteiger partial charge in [0.05, 0.1) is 17.7 Å². The number of aryl methyl sites for hydroxylation is 2. The van der Waals surface area contributed by atoms with Crippen molar-refractivity contribution in [2.24, 2.45) is 0 Å². The molecule has 2 heterocycles. The number of hydrogen-bond donors (Lipinski definition) is 4. The van der Waals surface area contributed by atoms with E-state index >= 15 is 0 Å². The second-order valence-electron chi connectivity index (χ2n) is 7.39. The van der Waals surface area contributed by atoms with Crippen molar-refractivity contribution in [1.82, 2.24) is 15.6 Å². The highest BCUT2D eigenvalue weighted by atomic mass is 32.1. The molecule has 0 radical (unpaired) electrons. The predicted molar refractivity (Wildman–Crippen MR) is 132 cm³/mol. The number of nitrogens with zero attached hydrogens (tertiary/aromatic N) is 1. The van der Waals surface area contributed by atoms with Gasteiger partial charge in [-0.15, -0.1) is 11.3 Å². The molecule has 184 valence electrons. The normalized spacial score (nSPS) is 11.4. The van der Waals surface area contributed by atoms with E-state index in [1.54, 1.807) is 42.6 Å². The Bertz CT molecular complexity index is 1210. The first-order chi connectivity index (χ1) is 16.8. The van der Waals surface area contributed by atoms with Gasteiger partial charge < -0.3 is 25.8 Å². The second-order valence-corrected chi connectivity index (χ2v) is 9.33. The summed E-state index contributed by atoms with van der Waals surface area (Å²) >= 11 is 2.22. The van der Waals surface area contributed by atoms with E-state index in [1.807, 2.05) is 6.07 Å². The van der Waals surface area contributed by atoms with Gasteiger partial charge in [-0.1, -0.05) is 29.5 Å². The molecule has 0 aliphatic rings. The molecular formula is C23H24N4O6S2. The minimum absolute atomic E-state index is 0.130. The zero-order chi connectivity index (χ0) is 25.4. The lowest BCUT2D eigenvalue weighted by molar-refractivity contribution is -0.142. The molecule has 3 rings (SSSR count). The van der Waals surface area contributed by atoms with Crippen LogP contribution in [0, 0.1) is 6.92 Å². The maximum Gasteiger partial charge on any atom is 0.330 e. The fraction of sp³-hybridized carbons (Fsp3) is 0.261. The van der Waals surface area contributed by atoms with Crippen molar-refractivity contribution in [3.63, 3.8) is 0 Å². The lowest BCUT2D eigenvalue weighted by Crippen LogP contribution is -2.48. The maximum absolute atomic E-state index is 12.8. The molecule has 0 unspecified atom stereocenters. The summed E-state index contributed by atoms with van der Waals surface area (Å²) in [7, 11) is 1.19. The van der Waals surface area contributed by atoms with Crippen LogP contribution in [-0.4, -0.2) is 53.5 Å². The van der Waals surface area contributed by atoms with Gasteiger partial charge in [-0.05, 0) is 42.5 Å². The summed E-state index contributed by atoms with van der Waals surface area (Å²) in [5.74, 6) is -1.83. The van der Waals surface area contributed by atoms with Gasteiger partial charge in [0.15, 0.2) is 5.13 Å². The van der Waals surface area contributed by atoms with Crippen molar-refractivity contribution in [3.05, 3.63) is 62.8 Å². The smallest absolute Gasteiger partial charge is 0.330 e. The number of ether oxygens (including phenoxy) is 1. The van der Waals surface area contributed by atoms with Crippen LogP contribution < -0.4 is 16.0 Å². The van der Waals surface area contributed by atoms with Crippen LogP contribution >= 0.6 is 22.7 Å². The van der Waals surface area contributed by atoms with Crippen molar-refractivity contribution in [2.75, 3.05) is 19.0 Å². The highest BCUT2D eigenvalue weighted by molar-refractivity contribution is 7.17. The van der Waals surface area contributed by atoms with Gasteiger partial charge in [0.2, 0.25) is 5.91 Å². The Morgan fingerprint density at radius 2 is 1.94 bits per heavy atom. The minimum atomic E-state index is -1.11. The quantitative estimate of drug-likeness (QED) is 0.303. The minimum Gasteiger partial charge on any atom is -0.508 e. The molecule has 0 bridgehead atoms. The summed E-state index contributed by atoms with van der Waals surface area (Å²) in [4.78, 5) is 54.4. The number of esters is 1. The number of benzene rings is 1. The molecule has 0 aliphatic carbocycles. The SMILES string of the molecule is COC(=O)[C@H](CNC(=O)c1cccs1)NC(=O)c1sc(NC(=O)CCc2cccc(O)c2)nc1C. The third-order valence-corrected chi connectivity index (χ3v) is 6.74. The largest absolute Gasteiger partial charge is 0.508 e. The Kier molecular flexibility index (Phi) is 8.92. The van der Waals surface area contributed by atoms with Crippen LogP contribution in [0.4, 0.5) is 5.13 Å². The monoisotopic (exact) mass is 516 g/mol. The lowest BCUT2D eigenvalue weighted by Gasteiger charge is -2.16. The van der Waals surface area contributed by atoms with Crippen LogP contribution in [0.1, 0.15) is 37.0 Å². The van der Waals surface area contributed by atoms with Crippen molar-refractivity contribution in [1.29, 1.82) is 0 Å². The molecule has 1 atom stereocenters. The number of aromatic nitrogens is 1. The number of phenolic OH excluding ortho intramolecular Hbond substituents is 1. The van der Waals surface area contributed by atoms with E-state index in [9.17, 15) is 24.3 Å². The van der Waals surface area contributed by atoms with Gasteiger partial charge in [-0.3, -0.25) is 14.4 Å². The van der Waals surface area contributed by atoms with E-state index in [4.69, 9.17) is 4.74 Å². The Morgan fingerprint density at radius 1 is 1.14 bits per heavy atom. The summed E-state index contributed by atoms with van der Waals surface area (Å²) in [6.07, 6.45) is 0.591. The number of aromatic hydroxyl groups is 1. The highest BCUT2D eigenvalue weighted by Gasteiger charge is 2.26. The number of hydrogen-bond acceptors (Lipinski definition) is 9. The van der Waals surface area contributed by atoms with E-state index in [1.165, 1.54) is 18.4 Å². The van der Waals surface area contributed by atoms with E-state index in [0.29, 0.717) is 17.0 Å². The van der Waals surface area contributed by atoms with Gasteiger partial charge in [-0.25, -0.2) is 9.78 Å². The zero-order valence-corrected chi connectivity index (χ0v) is 20.6. The van der Waals surface area contributed by atoms with E-state index < -0.39 is 17.9 Å². The Labute approximate surface area is 209 Å². The molecule has 12 heteroatoms. The van der Waals surface area contributed by atoms with Crippen LogP contribution in [0.2, 0.25) is 0 Å². The third-order valence-electron chi connectivity index (χ3n) is 4.80. The molecule has 35 heavy (non-hydrogen) atoms. The van der Waals surface area contributed by atoms with Crippen molar-refractivity contribution in [2.45, 2.75) is 25.8 Å². The highest BCUT2D eigenvalue weighted by Crippen LogP contribution is 2.23. The molecule has 1 aromatic carbocycles. The first-order valence-corrected chi connectivity index (χ1v) is 12.2. The van der Waals surface area contributed by atoms with E-state index in [-0.39, 0.29) is 40.5 Å². The van der Waals surface area contributed by atoms with Crippen LogP contribution in [0.3, 0.4) is 0 Å². The van der Waals surface area contributed by atoms with Crippen molar-refractivity contribution >= 4 is 51.5 Å². The van der Waals surface area contributed by atoms with Gasteiger partial charge in [0, 0.05) is 13.0 Å². The Hall–Kier alpha value is -3.77. The fourth-order valence-electron chi connectivity index (χ4n) is 3.06. The molecule has 0 fully saturated rings. The number of carbonyl (C=O) groups is 4. The van der Waals surface area contributed by atoms with Crippen LogP contribution in [0.15, 0.2) is 41.8 Å². The maximum atomic E-state index is 12.8. The number of phenols is 1. The number of methoxy groups -OCH3 is 1. The third kappa shape index (κ3) is 7.36. The molecule has 3 aromatic rings. The van der Waals surface area contributed by atoms with Gasteiger partial charge in [-0.2, -0.15) is 0 Å². The molecule has 0 spiro atoms. The van der Waals surface area contributed by atoms with Crippen LogP contribution in [0.5, 0.6) is 5.75 Å². The average Bonchev–Trinajstić information content (AvgIpc) is 3.49. The summed E-state index contributed by atoms with van der Waals surface area (Å²) < 4.78 is 4.74. The number of thiazole rings is 1. The summed E-state index contributed by atoms with van der Waals surface area (Å²) in [5.41, 5.74) is 1.19. The molecule has 2 aromatic heterocycles. The first-order valence-electron chi connectivity index (χ1n) is 10.5. The molecule has 0 aliphatic heterocycles. The fourth-order valence-corrected chi connectivity index (χ4v) is 4.59. The van der Waals surface area contributed by atoms with Crippen LogP contribution in [-0.2, 0) is 20.7 Å². The van der Waals surface area contributed by atoms with Gasteiger partial charge in [0.1, 0.15) is 16.7 Å². The molecule has 0 saturated heterocycles. The molecule has 10 nitrogen and oxygen atoms in total. The van der Waals surface area contributed by atoms with Gasteiger partial charge in [0.25, 0.3) is 11.8 Å². The number of amides is 3. The number of nitrogens with one attached hydrogen (secondary N) is 3. The topological polar surface area (TPSA) is 147 Å². The average molecular weight is 517 g/mol. The summed E-state index contributed by atoms with van der Waals surface area (Å²) in [5, 5.41) is 19.3. The molecule has 0 saturated carbocycles. The second kappa shape index (κ2) is 12.1. The molecule has 3 amide bonds. The Balaban J connectivity index is 1.58. The number of carbonyl (C=O) groups excluding carboxylic acids is 4. The predicted octanol–water partition coefficient (Wildman–Crippen LogP) is 2.49. The lowest BCUT2D eigenvalue weighted by atomic mass is 10.1. The number of thiophene rings is 1. The van der Waals surface area contributed by atoms with Crippen molar-refractivity contribution < 1.29 is 29.0 Å². The van der Waals surface area contributed by atoms with E-state index in [0.717, 1.165) is 16.9 Å². The first kappa shape index (κ1) is 25.8.